The van der Waals surface area contributed by atoms with Crippen LogP contribution in [0.3, 0.4) is 0 Å². The highest BCUT2D eigenvalue weighted by atomic mass is 35.5. The summed E-state index contributed by atoms with van der Waals surface area (Å²) >= 11 is 5.88. The minimum atomic E-state index is -3.35. The summed E-state index contributed by atoms with van der Waals surface area (Å²) < 4.78 is 28.1. The molecule has 2 saturated heterocycles. The first-order valence-electron chi connectivity index (χ1n) is 10.1. The maximum Gasteiger partial charge on any atom is 0.216 e. The van der Waals surface area contributed by atoms with Gasteiger partial charge in [0, 0.05) is 49.8 Å². The van der Waals surface area contributed by atoms with Gasteiger partial charge in [-0.1, -0.05) is 50.4 Å². The lowest BCUT2D eigenvalue weighted by Crippen LogP contribution is -2.51. The van der Waals surface area contributed by atoms with E-state index in [4.69, 9.17) is 11.6 Å². The summed E-state index contributed by atoms with van der Waals surface area (Å²) in [6, 6.07) is 7.49. The van der Waals surface area contributed by atoms with Crippen LogP contribution in [0.5, 0.6) is 0 Å². The van der Waals surface area contributed by atoms with E-state index in [-0.39, 0.29) is 11.8 Å². The van der Waals surface area contributed by atoms with Crippen molar-refractivity contribution < 1.29 is 8.42 Å². The molecule has 152 valence electrons. The Morgan fingerprint density at radius 2 is 1.85 bits per heavy atom. The van der Waals surface area contributed by atoms with E-state index >= 15 is 0 Å². The molecule has 3 rings (SSSR count). The minimum absolute atomic E-state index is 0.00609. The number of benzene rings is 1. The topological polar surface area (TPSA) is 52.6 Å². The molecule has 0 amide bonds. The van der Waals surface area contributed by atoms with Crippen LogP contribution in [0.1, 0.15) is 38.7 Å². The molecule has 5 nitrogen and oxygen atoms in total. The molecule has 27 heavy (non-hydrogen) atoms. The van der Waals surface area contributed by atoms with Gasteiger partial charge in [0.1, 0.15) is 0 Å². The first-order chi connectivity index (χ1) is 12.9. The highest BCUT2D eigenvalue weighted by Gasteiger charge is 2.37. The molecular weight excluding hydrogens is 382 g/mol. The Hall–Kier alpha value is -0.660. The predicted octanol–water partition coefficient (Wildman–Crippen LogP) is 2.95. The zero-order valence-corrected chi connectivity index (χ0v) is 18.0. The molecule has 7 heteroatoms. The van der Waals surface area contributed by atoms with E-state index in [1.807, 2.05) is 0 Å². The van der Waals surface area contributed by atoms with E-state index in [0.717, 1.165) is 44.1 Å². The average molecular weight is 414 g/mol. The Labute approximate surface area is 169 Å². The molecule has 0 aliphatic carbocycles. The summed E-state index contributed by atoms with van der Waals surface area (Å²) in [6.45, 7) is 9.73. The lowest BCUT2D eigenvalue weighted by Gasteiger charge is -2.38. The van der Waals surface area contributed by atoms with Crippen LogP contribution in [-0.4, -0.2) is 63.0 Å². The summed E-state index contributed by atoms with van der Waals surface area (Å²) in [5.74, 6) is 0.776. The Kier molecular flexibility index (Phi) is 7.20. The second-order valence-electron chi connectivity index (χ2n) is 8.03. The maximum absolute atomic E-state index is 12.6. The molecule has 0 aromatic heterocycles. The molecule has 1 aromatic carbocycles. The standard InChI is InChI=1S/C20H32ClN3O2S/c1-3-16(4-2)12-23-9-10-24-13-19(11-20(24)14-23)22-27(25,26)15-17-5-7-18(21)8-6-17/h5-8,16,19-20,22H,3-4,9-15H2,1-2H3/t19-,20-/m0/s1. The van der Waals surface area contributed by atoms with Crippen LogP contribution in [0.2, 0.25) is 5.02 Å². The van der Waals surface area contributed by atoms with Gasteiger partial charge in [-0.05, 0) is 30.0 Å². The molecule has 1 N–H and O–H groups in total. The number of fused-ring (bicyclic) bond motifs is 1. The van der Waals surface area contributed by atoms with Gasteiger partial charge < -0.3 is 4.90 Å². The van der Waals surface area contributed by atoms with Crippen molar-refractivity contribution in [3.8, 4) is 0 Å². The number of nitrogens with one attached hydrogen (secondary N) is 1. The van der Waals surface area contributed by atoms with Crippen molar-refractivity contribution in [2.24, 2.45) is 5.92 Å². The Morgan fingerprint density at radius 1 is 1.15 bits per heavy atom. The molecule has 2 aliphatic heterocycles. The van der Waals surface area contributed by atoms with Gasteiger partial charge in [0.2, 0.25) is 10.0 Å². The number of hydrogen-bond donors (Lipinski definition) is 1. The summed E-state index contributed by atoms with van der Waals surface area (Å²) in [6.07, 6.45) is 3.36. The fraction of sp³-hybridized carbons (Fsp3) is 0.700. The molecule has 0 radical (unpaired) electrons. The molecule has 0 saturated carbocycles. The van der Waals surface area contributed by atoms with Crippen molar-refractivity contribution in [2.45, 2.75) is 50.9 Å². The van der Waals surface area contributed by atoms with E-state index in [2.05, 4.69) is 28.4 Å². The zero-order valence-electron chi connectivity index (χ0n) is 16.4. The molecule has 2 heterocycles. The second kappa shape index (κ2) is 9.23. The van der Waals surface area contributed by atoms with Crippen molar-refractivity contribution in [3.63, 3.8) is 0 Å². The summed E-state index contributed by atoms with van der Waals surface area (Å²) in [4.78, 5) is 5.03. The monoisotopic (exact) mass is 413 g/mol. The Morgan fingerprint density at radius 3 is 2.52 bits per heavy atom. The van der Waals surface area contributed by atoms with E-state index in [1.54, 1.807) is 24.3 Å². The number of nitrogens with zero attached hydrogens (tertiary/aromatic N) is 2. The number of piperazine rings is 1. The van der Waals surface area contributed by atoms with Crippen molar-refractivity contribution in [3.05, 3.63) is 34.9 Å². The molecule has 1 aromatic rings. The highest BCUT2D eigenvalue weighted by Crippen LogP contribution is 2.24. The third-order valence-electron chi connectivity index (χ3n) is 5.99. The summed E-state index contributed by atoms with van der Waals surface area (Å²) in [5, 5.41) is 0.620. The van der Waals surface area contributed by atoms with Crippen molar-refractivity contribution in [1.29, 1.82) is 0 Å². The first-order valence-corrected chi connectivity index (χ1v) is 12.1. The normalized spacial score (nSPS) is 24.4. The molecule has 0 unspecified atom stereocenters. The van der Waals surface area contributed by atoms with Crippen LogP contribution in [-0.2, 0) is 15.8 Å². The van der Waals surface area contributed by atoms with Crippen molar-refractivity contribution >= 4 is 21.6 Å². The van der Waals surface area contributed by atoms with Crippen LogP contribution >= 0.6 is 11.6 Å². The van der Waals surface area contributed by atoms with E-state index in [9.17, 15) is 8.42 Å². The largest absolute Gasteiger partial charge is 0.300 e. The smallest absolute Gasteiger partial charge is 0.216 e. The van der Waals surface area contributed by atoms with Crippen LogP contribution in [0.4, 0.5) is 0 Å². The van der Waals surface area contributed by atoms with Crippen molar-refractivity contribution in [1.82, 2.24) is 14.5 Å². The van der Waals surface area contributed by atoms with Crippen LogP contribution in [0, 0.1) is 5.92 Å². The molecule has 2 atom stereocenters. The van der Waals surface area contributed by atoms with E-state index < -0.39 is 10.0 Å². The van der Waals surface area contributed by atoms with E-state index in [0.29, 0.717) is 11.1 Å². The molecule has 2 fully saturated rings. The number of sulfonamides is 1. The first kappa shape index (κ1) is 21.1. The van der Waals surface area contributed by atoms with Crippen LogP contribution in [0.25, 0.3) is 0 Å². The Bertz CT molecular complexity index is 706. The van der Waals surface area contributed by atoms with Gasteiger partial charge in [-0.3, -0.25) is 4.90 Å². The van der Waals surface area contributed by atoms with E-state index in [1.165, 1.54) is 19.4 Å². The SMILES string of the molecule is CCC(CC)CN1CCN2C[C@@H](NS(=O)(=O)Cc3ccc(Cl)cc3)C[C@H]2C1. The molecule has 0 spiro atoms. The summed E-state index contributed by atoms with van der Waals surface area (Å²) in [7, 11) is -3.35. The van der Waals surface area contributed by atoms with Crippen LogP contribution < -0.4 is 4.72 Å². The van der Waals surface area contributed by atoms with Gasteiger partial charge in [0.25, 0.3) is 0 Å². The molecular formula is C20H32ClN3O2S. The van der Waals surface area contributed by atoms with Gasteiger partial charge in [-0.2, -0.15) is 0 Å². The number of rotatable bonds is 8. The maximum atomic E-state index is 12.6. The van der Waals surface area contributed by atoms with Crippen LogP contribution in [0.15, 0.2) is 24.3 Å². The fourth-order valence-electron chi connectivity index (χ4n) is 4.37. The lowest BCUT2D eigenvalue weighted by molar-refractivity contribution is 0.0903. The van der Waals surface area contributed by atoms with Gasteiger partial charge in [0.15, 0.2) is 0 Å². The Balaban J connectivity index is 1.52. The third kappa shape index (κ3) is 5.91. The van der Waals surface area contributed by atoms with Gasteiger partial charge in [-0.15, -0.1) is 0 Å². The van der Waals surface area contributed by atoms with Gasteiger partial charge >= 0.3 is 0 Å². The minimum Gasteiger partial charge on any atom is -0.300 e. The lowest BCUT2D eigenvalue weighted by atomic mass is 10.0. The predicted molar refractivity (Wildman–Crippen MR) is 111 cm³/mol. The summed E-state index contributed by atoms with van der Waals surface area (Å²) in [5.41, 5.74) is 0.763. The van der Waals surface area contributed by atoms with Crippen molar-refractivity contribution in [2.75, 3.05) is 32.7 Å². The molecule has 2 aliphatic rings. The van der Waals surface area contributed by atoms with Gasteiger partial charge in [0.05, 0.1) is 5.75 Å². The zero-order chi connectivity index (χ0) is 19.4. The average Bonchev–Trinajstić information content (AvgIpc) is 3.01. The van der Waals surface area contributed by atoms with Gasteiger partial charge in [-0.25, -0.2) is 13.1 Å². The third-order valence-corrected chi connectivity index (χ3v) is 7.65. The number of hydrogen-bond acceptors (Lipinski definition) is 4. The molecule has 0 bridgehead atoms. The number of halogens is 1. The quantitative estimate of drug-likeness (QED) is 0.711. The fourth-order valence-corrected chi connectivity index (χ4v) is 5.89. The second-order valence-corrected chi connectivity index (χ2v) is 10.2. The highest BCUT2D eigenvalue weighted by molar-refractivity contribution is 7.88.